The Morgan fingerprint density at radius 3 is 2.89 bits per heavy atom. The Balaban J connectivity index is 1.85. The summed E-state index contributed by atoms with van der Waals surface area (Å²) >= 11 is 0. The molecule has 0 saturated carbocycles. The first-order valence-electron chi connectivity index (χ1n) is 5.98. The molecule has 0 amide bonds. The first-order chi connectivity index (χ1) is 9.16. The van der Waals surface area contributed by atoms with Gasteiger partial charge in [-0.2, -0.15) is 5.10 Å². The number of rotatable bonds is 3. The second kappa shape index (κ2) is 4.35. The minimum atomic E-state index is -0.494. The molecule has 2 heterocycles. The molecule has 1 aliphatic rings. The van der Waals surface area contributed by atoms with Gasteiger partial charge in [-0.15, -0.1) is 0 Å². The number of ketones is 1. The molecular formula is C14H12N2O3. The van der Waals surface area contributed by atoms with Gasteiger partial charge in [-0.05, 0) is 12.1 Å². The monoisotopic (exact) mass is 256 g/mol. The van der Waals surface area contributed by atoms with Crippen molar-refractivity contribution in [1.29, 1.82) is 0 Å². The highest BCUT2D eigenvalue weighted by molar-refractivity contribution is 5.98. The fraction of sp³-hybridized carbons (Fsp3) is 0.214. The first-order valence-corrected chi connectivity index (χ1v) is 5.98. The van der Waals surface area contributed by atoms with Gasteiger partial charge in [0.05, 0.1) is 12.0 Å². The Bertz CT molecular complexity index is 660. The summed E-state index contributed by atoms with van der Waals surface area (Å²) in [6.45, 7) is 0. The number of benzene rings is 1. The summed E-state index contributed by atoms with van der Waals surface area (Å²) in [5.41, 5.74) is 1.84. The van der Waals surface area contributed by atoms with E-state index in [1.54, 1.807) is 31.4 Å². The SMILES string of the molecule is Cn1nccc1C(=O)C[C@H]1OC(=O)c2ccccc21. The number of Topliss-reactive ketones (excluding diaryl/α,β-unsaturated/α-hetero) is 1. The third-order valence-corrected chi connectivity index (χ3v) is 3.25. The molecule has 0 spiro atoms. The van der Waals surface area contributed by atoms with Crippen molar-refractivity contribution in [1.82, 2.24) is 9.78 Å². The number of aryl methyl sites for hydroxylation is 1. The quantitative estimate of drug-likeness (QED) is 0.621. The van der Waals surface area contributed by atoms with Crippen molar-refractivity contribution in [3.63, 3.8) is 0 Å². The van der Waals surface area contributed by atoms with Crippen LogP contribution in [0.3, 0.4) is 0 Å². The van der Waals surface area contributed by atoms with Crippen molar-refractivity contribution in [2.45, 2.75) is 12.5 Å². The molecule has 0 saturated heterocycles. The number of carbonyl (C=O) groups is 2. The standard InChI is InChI=1S/C14H12N2O3/c1-16-11(6-7-15-16)12(17)8-13-9-4-2-3-5-10(9)14(18)19-13/h2-7,13H,8H2,1H3/t13-/m1/s1. The molecule has 5 nitrogen and oxygen atoms in total. The van der Waals surface area contributed by atoms with Crippen LogP contribution in [0.15, 0.2) is 36.5 Å². The number of hydrogen-bond acceptors (Lipinski definition) is 4. The minimum Gasteiger partial charge on any atom is -0.453 e. The molecule has 0 radical (unpaired) electrons. The van der Waals surface area contributed by atoms with Crippen LogP contribution < -0.4 is 0 Å². The van der Waals surface area contributed by atoms with E-state index in [4.69, 9.17) is 4.74 Å². The normalized spacial score (nSPS) is 17.1. The summed E-state index contributed by atoms with van der Waals surface area (Å²) in [5.74, 6) is -0.451. The van der Waals surface area contributed by atoms with Crippen LogP contribution in [0.2, 0.25) is 0 Å². The number of fused-ring (bicyclic) bond motifs is 1. The van der Waals surface area contributed by atoms with E-state index in [2.05, 4.69) is 5.10 Å². The van der Waals surface area contributed by atoms with Gasteiger partial charge in [0.25, 0.3) is 0 Å². The molecule has 19 heavy (non-hydrogen) atoms. The fourth-order valence-electron chi connectivity index (χ4n) is 2.29. The molecule has 1 aromatic carbocycles. The zero-order chi connectivity index (χ0) is 13.4. The van der Waals surface area contributed by atoms with E-state index in [1.807, 2.05) is 12.1 Å². The molecule has 0 bridgehead atoms. The van der Waals surface area contributed by atoms with Gasteiger partial charge in [0.1, 0.15) is 11.8 Å². The van der Waals surface area contributed by atoms with E-state index in [0.29, 0.717) is 11.3 Å². The molecule has 0 aliphatic carbocycles. The van der Waals surface area contributed by atoms with Gasteiger partial charge >= 0.3 is 5.97 Å². The lowest BCUT2D eigenvalue weighted by Gasteiger charge is -2.09. The highest BCUT2D eigenvalue weighted by Crippen LogP contribution is 2.33. The van der Waals surface area contributed by atoms with Crippen molar-refractivity contribution < 1.29 is 14.3 Å². The van der Waals surface area contributed by atoms with Crippen LogP contribution in [0.25, 0.3) is 0 Å². The second-order valence-electron chi connectivity index (χ2n) is 4.45. The number of cyclic esters (lactones) is 1. The smallest absolute Gasteiger partial charge is 0.339 e. The van der Waals surface area contributed by atoms with E-state index < -0.39 is 6.10 Å². The predicted molar refractivity (Wildman–Crippen MR) is 66.8 cm³/mol. The van der Waals surface area contributed by atoms with Crippen LogP contribution >= 0.6 is 0 Å². The van der Waals surface area contributed by atoms with Gasteiger partial charge in [-0.3, -0.25) is 9.48 Å². The maximum absolute atomic E-state index is 12.1. The highest BCUT2D eigenvalue weighted by atomic mass is 16.5. The third kappa shape index (κ3) is 1.93. The number of hydrogen-bond donors (Lipinski definition) is 0. The number of nitrogens with zero attached hydrogens (tertiary/aromatic N) is 2. The Labute approximate surface area is 109 Å². The molecule has 1 aromatic heterocycles. The molecule has 0 N–H and O–H groups in total. The maximum atomic E-state index is 12.1. The molecular weight excluding hydrogens is 244 g/mol. The van der Waals surface area contributed by atoms with E-state index in [1.165, 1.54) is 4.68 Å². The van der Waals surface area contributed by atoms with Crippen LogP contribution in [0.4, 0.5) is 0 Å². The zero-order valence-corrected chi connectivity index (χ0v) is 10.4. The van der Waals surface area contributed by atoms with E-state index >= 15 is 0 Å². The number of esters is 1. The van der Waals surface area contributed by atoms with Crippen LogP contribution in [-0.2, 0) is 11.8 Å². The van der Waals surface area contributed by atoms with Crippen LogP contribution in [0.5, 0.6) is 0 Å². The summed E-state index contributed by atoms with van der Waals surface area (Å²) in [6, 6.07) is 8.81. The zero-order valence-electron chi connectivity index (χ0n) is 10.4. The summed E-state index contributed by atoms with van der Waals surface area (Å²) < 4.78 is 6.77. The Kier molecular flexibility index (Phi) is 2.67. The van der Waals surface area contributed by atoms with Gasteiger partial charge in [0.2, 0.25) is 0 Å². The predicted octanol–water partition coefficient (Wildman–Crippen LogP) is 1.90. The van der Waals surface area contributed by atoms with Gasteiger partial charge < -0.3 is 4.74 Å². The van der Waals surface area contributed by atoms with Gasteiger partial charge in [-0.1, -0.05) is 18.2 Å². The first kappa shape index (κ1) is 11.6. The molecule has 2 aromatic rings. The van der Waals surface area contributed by atoms with Crippen molar-refractivity contribution in [2.75, 3.05) is 0 Å². The highest BCUT2D eigenvalue weighted by Gasteiger charge is 2.32. The van der Waals surface area contributed by atoms with Crippen LogP contribution in [0.1, 0.15) is 38.9 Å². The minimum absolute atomic E-state index is 0.0884. The average molecular weight is 256 g/mol. The van der Waals surface area contributed by atoms with Crippen molar-refractivity contribution in [3.8, 4) is 0 Å². The number of ether oxygens (including phenoxy) is 1. The maximum Gasteiger partial charge on any atom is 0.339 e. The lowest BCUT2D eigenvalue weighted by molar-refractivity contribution is 0.0366. The number of aromatic nitrogens is 2. The van der Waals surface area contributed by atoms with Gasteiger partial charge in [0, 0.05) is 18.8 Å². The van der Waals surface area contributed by atoms with Crippen molar-refractivity contribution in [2.24, 2.45) is 7.05 Å². The molecule has 0 unspecified atom stereocenters. The van der Waals surface area contributed by atoms with Crippen LogP contribution in [0, 0.1) is 0 Å². The fourth-order valence-corrected chi connectivity index (χ4v) is 2.29. The largest absolute Gasteiger partial charge is 0.453 e. The Hall–Kier alpha value is -2.43. The van der Waals surface area contributed by atoms with Gasteiger partial charge in [-0.25, -0.2) is 4.79 Å². The Morgan fingerprint density at radius 2 is 2.16 bits per heavy atom. The second-order valence-corrected chi connectivity index (χ2v) is 4.45. The summed E-state index contributed by atoms with van der Waals surface area (Å²) in [7, 11) is 1.71. The van der Waals surface area contributed by atoms with E-state index in [9.17, 15) is 9.59 Å². The molecule has 5 heteroatoms. The van der Waals surface area contributed by atoms with Crippen molar-refractivity contribution in [3.05, 3.63) is 53.3 Å². The van der Waals surface area contributed by atoms with E-state index in [0.717, 1.165) is 5.56 Å². The summed E-state index contributed by atoms with van der Waals surface area (Å²) in [4.78, 5) is 23.8. The molecule has 3 rings (SSSR count). The molecule has 1 aliphatic heterocycles. The topological polar surface area (TPSA) is 61.2 Å². The van der Waals surface area contributed by atoms with E-state index in [-0.39, 0.29) is 18.2 Å². The lowest BCUT2D eigenvalue weighted by atomic mass is 10.0. The average Bonchev–Trinajstić information content (AvgIpc) is 2.95. The third-order valence-electron chi connectivity index (χ3n) is 3.25. The number of carbonyl (C=O) groups excluding carboxylic acids is 2. The lowest BCUT2D eigenvalue weighted by Crippen LogP contribution is -2.11. The van der Waals surface area contributed by atoms with Crippen LogP contribution in [-0.4, -0.2) is 21.5 Å². The molecule has 0 fully saturated rings. The molecule has 96 valence electrons. The molecule has 1 atom stereocenters. The Morgan fingerprint density at radius 1 is 1.37 bits per heavy atom. The van der Waals surface area contributed by atoms with Crippen molar-refractivity contribution >= 4 is 11.8 Å². The summed E-state index contributed by atoms with van der Waals surface area (Å²) in [5, 5.41) is 3.96. The summed E-state index contributed by atoms with van der Waals surface area (Å²) in [6.07, 6.45) is 1.22. The van der Waals surface area contributed by atoms with Gasteiger partial charge in [0.15, 0.2) is 5.78 Å².